The minimum absolute atomic E-state index is 0.220. The summed E-state index contributed by atoms with van der Waals surface area (Å²) in [5.74, 6) is -0.0235. The van der Waals surface area contributed by atoms with Crippen LogP contribution in [0.2, 0.25) is 0 Å². The lowest BCUT2D eigenvalue weighted by Crippen LogP contribution is -2.04. The maximum Gasteiger partial charge on any atom is 0.195 e. The number of fused-ring (bicyclic) bond motifs is 1. The van der Waals surface area contributed by atoms with Crippen LogP contribution in [0.15, 0.2) is 42.6 Å². The Balaban J connectivity index is 2.20. The van der Waals surface area contributed by atoms with E-state index in [0.29, 0.717) is 22.3 Å². The SMILES string of the molecule is COc1cccc2[nH]cc(C(=O)c3cc(F)ccc3C)c12. The molecule has 0 saturated carbocycles. The van der Waals surface area contributed by atoms with Crippen molar-refractivity contribution in [3.63, 3.8) is 0 Å². The first kappa shape index (κ1) is 13.4. The van der Waals surface area contributed by atoms with Crippen LogP contribution >= 0.6 is 0 Å². The van der Waals surface area contributed by atoms with Gasteiger partial charge < -0.3 is 9.72 Å². The number of H-pyrrole nitrogens is 1. The molecule has 0 aliphatic carbocycles. The molecule has 0 atom stereocenters. The summed E-state index contributed by atoms with van der Waals surface area (Å²) >= 11 is 0. The maximum absolute atomic E-state index is 13.4. The number of rotatable bonds is 3. The fourth-order valence-electron chi connectivity index (χ4n) is 2.48. The van der Waals surface area contributed by atoms with E-state index >= 15 is 0 Å². The van der Waals surface area contributed by atoms with Crippen LogP contribution in [0.5, 0.6) is 5.75 Å². The molecule has 1 aromatic heterocycles. The van der Waals surface area contributed by atoms with Gasteiger partial charge in [-0.3, -0.25) is 4.79 Å². The number of carbonyl (C=O) groups is 1. The van der Waals surface area contributed by atoms with Gasteiger partial charge in [-0.15, -0.1) is 0 Å². The average molecular weight is 283 g/mol. The smallest absolute Gasteiger partial charge is 0.195 e. The van der Waals surface area contributed by atoms with Crippen molar-refractivity contribution in [2.24, 2.45) is 0 Å². The Hall–Kier alpha value is -2.62. The van der Waals surface area contributed by atoms with Gasteiger partial charge in [0.15, 0.2) is 5.78 Å². The number of ketones is 1. The monoisotopic (exact) mass is 283 g/mol. The molecule has 4 heteroatoms. The van der Waals surface area contributed by atoms with Crippen LogP contribution in [-0.2, 0) is 0 Å². The Morgan fingerprint density at radius 2 is 2.00 bits per heavy atom. The van der Waals surface area contributed by atoms with Gasteiger partial charge >= 0.3 is 0 Å². The molecule has 3 rings (SSSR count). The molecule has 0 bridgehead atoms. The first-order chi connectivity index (χ1) is 10.1. The molecule has 1 heterocycles. The van der Waals surface area contributed by atoms with E-state index in [1.54, 1.807) is 32.4 Å². The predicted octanol–water partition coefficient (Wildman–Crippen LogP) is 3.86. The Labute approximate surface area is 121 Å². The highest BCUT2D eigenvalue weighted by Crippen LogP contribution is 2.30. The lowest BCUT2D eigenvalue weighted by Gasteiger charge is -2.06. The standard InChI is InChI=1S/C17H14FNO2/c1-10-6-7-11(18)8-12(10)17(20)13-9-19-14-4-3-5-15(21-2)16(13)14/h3-9,19H,1-2H3. The Morgan fingerprint density at radius 1 is 1.19 bits per heavy atom. The van der Waals surface area contributed by atoms with Gasteiger partial charge in [0.1, 0.15) is 11.6 Å². The summed E-state index contributed by atoms with van der Waals surface area (Å²) in [5.41, 5.74) is 2.40. The van der Waals surface area contributed by atoms with Gasteiger partial charge in [0.25, 0.3) is 0 Å². The number of aryl methyl sites for hydroxylation is 1. The lowest BCUT2D eigenvalue weighted by atomic mass is 9.98. The molecule has 0 saturated heterocycles. The highest BCUT2D eigenvalue weighted by molar-refractivity contribution is 6.18. The lowest BCUT2D eigenvalue weighted by molar-refractivity contribution is 0.103. The van der Waals surface area contributed by atoms with Crippen molar-refractivity contribution < 1.29 is 13.9 Å². The largest absolute Gasteiger partial charge is 0.496 e. The zero-order valence-corrected chi connectivity index (χ0v) is 11.7. The van der Waals surface area contributed by atoms with E-state index in [2.05, 4.69) is 4.98 Å². The van der Waals surface area contributed by atoms with Crippen molar-refractivity contribution in [2.45, 2.75) is 6.92 Å². The summed E-state index contributed by atoms with van der Waals surface area (Å²) in [6, 6.07) is 9.74. The van der Waals surface area contributed by atoms with Gasteiger partial charge in [0.2, 0.25) is 0 Å². The zero-order valence-electron chi connectivity index (χ0n) is 11.7. The first-order valence-electron chi connectivity index (χ1n) is 6.56. The summed E-state index contributed by atoms with van der Waals surface area (Å²) in [6.07, 6.45) is 1.64. The van der Waals surface area contributed by atoms with Crippen LogP contribution in [0, 0.1) is 12.7 Å². The summed E-state index contributed by atoms with van der Waals surface area (Å²) in [7, 11) is 1.56. The topological polar surface area (TPSA) is 42.1 Å². The first-order valence-corrected chi connectivity index (χ1v) is 6.56. The van der Waals surface area contributed by atoms with Crippen LogP contribution in [0.1, 0.15) is 21.5 Å². The minimum atomic E-state index is -0.421. The van der Waals surface area contributed by atoms with E-state index in [9.17, 15) is 9.18 Å². The third-order valence-electron chi connectivity index (χ3n) is 3.58. The highest BCUT2D eigenvalue weighted by Gasteiger charge is 2.19. The molecule has 0 radical (unpaired) electrons. The summed E-state index contributed by atoms with van der Waals surface area (Å²) in [5, 5.41) is 0.716. The number of halogens is 1. The van der Waals surface area contributed by atoms with E-state index in [-0.39, 0.29) is 5.78 Å². The number of benzene rings is 2. The van der Waals surface area contributed by atoms with Crippen molar-refractivity contribution in [3.8, 4) is 5.75 Å². The average Bonchev–Trinajstić information content (AvgIpc) is 2.93. The van der Waals surface area contributed by atoms with Gasteiger partial charge in [-0.25, -0.2) is 4.39 Å². The molecule has 0 spiro atoms. The molecule has 1 N–H and O–H groups in total. The van der Waals surface area contributed by atoms with Crippen LogP contribution in [0.3, 0.4) is 0 Å². The van der Waals surface area contributed by atoms with Gasteiger partial charge in [-0.2, -0.15) is 0 Å². The molecule has 3 nitrogen and oxygen atoms in total. The number of hydrogen-bond donors (Lipinski definition) is 1. The number of aromatic amines is 1. The van der Waals surface area contributed by atoms with Crippen LogP contribution in [-0.4, -0.2) is 17.9 Å². The molecule has 2 aromatic carbocycles. The van der Waals surface area contributed by atoms with Crippen LogP contribution in [0.25, 0.3) is 10.9 Å². The van der Waals surface area contributed by atoms with Crippen LogP contribution in [0.4, 0.5) is 4.39 Å². The number of methoxy groups -OCH3 is 1. The number of aromatic nitrogens is 1. The van der Waals surface area contributed by atoms with E-state index < -0.39 is 5.82 Å². The zero-order chi connectivity index (χ0) is 15.0. The molecule has 3 aromatic rings. The van der Waals surface area contributed by atoms with E-state index in [0.717, 1.165) is 11.1 Å². The third-order valence-corrected chi connectivity index (χ3v) is 3.58. The van der Waals surface area contributed by atoms with E-state index in [1.165, 1.54) is 12.1 Å². The third kappa shape index (κ3) is 2.18. The van der Waals surface area contributed by atoms with Crippen molar-refractivity contribution >= 4 is 16.7 Å². The van der Waals surface area contributed by atoms with Crippen molar-refractivity contribution in [1.29, 1.82) is 0 Å². The van der Waals surface area contributed by atoms with Gasteiger partial charge in [0, 0.05) is 17.3 Å². The molecule has 0 amide bonds. The van der Waals surface area contributed by atoms with Crippen molar-refractivity contribution in [1.82, 2.24) is 4.98 Å². The van der Waals surface area contributed by atoms with Crippen molar-refractivity contribution in [3.05, 3.63) is 65.1 Å². The Morgan fingerprint density at radius 3 is 2.76 bits per heavy atom. The molecular weight excluding hydrogens is 269 g/mol. The maximum atomic E-state index is 13.4. The molecule has 106 valence electrons. The van der Waals surface area contributed by atoms with E-state index in [4.69, 9.17) is 4.74 Å². The fourth-order valence-corrected chi connectivity index (χ4v) is 2.48. The quantitative estimate of drug-likeness (QED) is 0.742. The molecule has 0 fully saturated rings. The molecule has 0 unspecified atom stereocenters. The predicted molar refractivity (Wildman–Crippen MR) is 79.4 cm³/mol. The van der Waals surface area contributed by atoms with Gasteiger partial charge in [-0.1, -0.05) is 12.1 Å². The summed E-state index contributed by atoms with van der Waals surface area (Å²) in [4.78, 5) is 15.8. The molecular formula is C17H14FNO2. The minimum Gasteiger partial charge on any atom is -0.496 e. The number of nitrogens with one attached hydrogen (secondary N) is 1. The normalized spacial score (nSPS) is 10.8. The number of carbonyl (C=O) groups excluding carboxylic acids is 1. The number of hydrogen-bond acceptors (Lipinski definition) is 2. The van der Waals surface area contributed by atoms with Gasteiger partial charge in [0.05, 0.1) is 18.1 Å². The Kier molecular flexibility index (Phi) is 3.22. The molecule has 0 aliphatic rings. The second-order valence-corrected chi connectivity index (χ2v) is 4.87. The van der Waals surface area contributed by atoms with E-state index in [1.807, 2.05) is 12.1 Å². The number of ether oxygens (including phenoxy) is 1. The summed E-state index contributed by atoms with van der Waals surface area (Å²) in [6.45, 7) is 1.79. The molecule has 21 heavy (non-hydrogen) atoms. The highest BCUT2D eigenvalue weighted by atomic mass is 19.1. The summed E-state index contributed by atoms with van der Waals surface area (Å²) < 4.78 is 18.7. The second kappa shape index (κ2) is 5.05. The Bertz CT molecular complexity index is 836. The molecule has 0 aliphatic heterocycles. The fraction of sp³-hybridized carbons (Fsp3) is 0.118. The van der Waals surface area contributed by atoms with Crippen LogP contribution < -0.4 is 4.74 Å². The second-order valence-electron chi connectivity index (χ2n) is 4.87. The van der Waals surface area contributed by atoms with Gasteiger partial charge in [-0.05, 0) is 36.8 Å². The van der Waals surface area contributed by atoms with Crippen molar-refractivity contribution in [2.75, 3.05) is 7.11 Å².